The van der Waals surface area contributed by atoms with Gasteiger partial charge in [0.15, 0.2) is 0 Å². The van der Waals surface area contributed by atoms with Crippen LogP contribution >= 0.6 is 11.6 Å². The zero-order chi connectivity index (χ0) is 19.1. The van der Waals surface area contributed by atoms with Gasteiger partial charge in [-0.05, 0) is 18.2 Å². The highest BCUT2D eigenvalue weighted by atomic mass is 35.5. The maximum absolute atomic E-state index is 6.24. The van der Waals surface area contributed by atoms with E-state index < -0.39 is 0 Å². The van der Waals surface area contributed by atoms with E-state index in [-0.39, 0.29) is 12.2 Å². The van der Waals surface area contributed by atoms with Crippen LogP contribution in [0.15, 0.2) is 36.5 Å². The third-order valence-electron chi connectivity index (χ3n) is 4.39. The fraction of sp³-hybridized carbons (Fsp3) is 0.450. The van der Waals surface area contributed by atoms with E-state index in [0.717, 1.165) is 24.0 Å². The van der Waals surface area contributed by atoms with Gasteiger partial charge in [-0.1, -0.05) is 17.7 Å². The summed E-state index contributed by atoms with van der Waals surface area (Å²) in [6.07, 6.45) is 3.87. The number of aromatic nitrogens is 1. The van der Waals surface area contributed by atoms with Gasteiger partial charge in [0.2, 0.25) is 5.88 Å². The van der Waals surface area contributed by atoms with E-state index in [0.29, 0.717) is 43.0 Å². The van der Waals surface area contributed by atoms with Crippen LogP contribution in [0.25, 0.3) is 11.1 Å². The molecule has 146 valence electrons. The van der Waals surface area contributed by atoms with Gasteiger partial charge in [0.05, 0.1) is 37.6 Å². The standard InChI is InChI=1S/C20H25ClN2O4/c1-24-6-7-25-8-9-26-16-11-17(12-16)27-20-5-2-14(13-23-20)18-4-3-15(22)10-19(18)21/h2-5,10,13,16-17H,6-9,11-12,22H2,1H3. The van der Waals surface area contributed by atoms with Gasteiger partial charge in [-0.15, -0.1) is 0 Å². The maximum atomic E-state index is 6.24. The van der Waals surface area contributed by atoms with E-state index in [1.165, 1.54) is 0 Å². The lowest BCUT2D eigenvalue weighted by Gasteiger charge is -2.34. The van der Waals surface area contributed by atoms with Crippen molar-refractivity contribution in [2.75, 3.05) is 39.3 Å². The van der Waals surface area contributed by atoms with Gasteiger partial charge >= 0.3 is 0 Å². The SMILES string of the molecule is COCCOCCOC1CC(Oc2ccc(-c3ccc(N)cc3Cl)cn2)C1. The van der Waals surface area contributed by atoms with E-state index in [9.17, 15) is 0 Å². The van der Waals surface area contributed by atoms with Crippen LogP contribution in [0.2, 0.25) is 5.02 Å². The van der Waals surface area contributed by atoms with Gasteiger partial charge in [-0.2, -0.15) is 0 Å². The molecule has 7 heteroatoms. The molecule has 0 saturated heterocycles. The highest BCUT2D eigenvalue weighted by Gasteiger charge is 2.31. The normalized spacial score (nSPS) is 18.9. The summed E-state index contributed by atoms with van der Waals surface area (Å²) in [5, 5.41) is 0.607. The molecular formula is C20H25ClN2O4. The van der Waals surface area contributed by atoms with Crippen molar-refractivity contribution in [2.45, 2.75) is 25.0 Å². The summed E-state index contributed by atoms with van der Waals surface area (Å²) in [7, 11) is 1.66. The molecule has 0 unspecified atom stereocenters. The molecule has 1 fully saturated rings. The number of pyridine rings is 1. The first-order valence-electron chi connectivity index (χ1n) is 9.02. The molecule has 1 heterocycles. The van der Waals surface area contributed by atoms with Crippen LogP contribution in [0.4, 0.5) is 5.69 Å². The third-order valence-corrected chi connectivity index (χ3v) is 4.71. The Hall–Kier alpha value is -1.86. The van der Waals surface area contributed by atoms with Crippen LogP contribution in [0.3, 0.4) is 0 Å². The summed E-state index contributed by atoms with van der Waals surface area (Å²) >= 11 is 6.24. The lowest BCUT2D eigenvalue weighted by molar-refractivity contribution is -0.0783. The minimum absolute atomic E-state index is 0.142. The van der Waals surface area contributed by atoms with Crippen molar-refractivity contribution in [3.63, 3.8) is 0 Å². The lowest BCUT2D eigenvalue weighted by Crippen LogP contribution is -2.40. The molecule has 1 aliphatic carbocycles. The molecule has 0 spiro atoms. The number of rotatable bonds is 10. The van der Waals surface area contributed by atoms with Crippen molar-refractivity contribution in [3.05, 3.63) is 41.6 Å². The first kappa shape index (κ1) is 19.9. The summed E-state index contributed by atoms with van der Waals surface area (Å²) < 4.78 is 21.9. The topological polar surface area (TPSA) is 75.8 Å². The van der Waals surface area contributed by atoms with Crippen molar-refractivity contribution < 1.29 is 18.9 Å². The van der Waals surface area contributed by atoms with E-state index >= 15 is 0 Å². The minimum Gasteiger partial charge on any atom is -0.474 e. The smallest absolute Gasteiger partial charge is 0.213 e. The van der Waals surface area contributed by atoms with Crippen LogP contribution in [-0.4, -0.2) is 50.7 Å². The molecule has 3 rings (SSSR count). The van der Waals surface area contributed by atoms with Gasteiger partial charge in [0, 0.05) is 49.0 Å². The number of halogens is 1. The number of benzene rings is 1. The molecule has 1 aromatic heterocycles. The molecular weight excluding hydrogens is 368 g/mol. The number of nitrogens with zero attached hydrogens (tertiary/aromatic N) is 1. The Balaban J connectivity index is 1.39. The predicted molar refractivity (Wildman–Crippen MR) is 105 cm³/mol. The second kappa shape index (κ2) is 9.90. The maximum Gasteiger partial charge on any atom is 0.213 e. The fourth-order valence-corrected chi connectivity index (χ4v) is 3.11. The van der Waals surface area contributed by atoms with E-state index in [1.54, 1.807) is 19.4 Å². The number of hydrogen-bond acceptors (Lipinski definition) is 6. The van der Waals surface area contributed by atoms with Crippen molar-refractivity contribution in [1.29, 1.82) is 0 Å². The molecule has 1 saturated carbocycles. The monoisotopic (exact) mass is 392 g/mol. The molecule has 0 bridgehead atoms. The average molecular weight is 393 g/mol. The van der Waals surface area contributed by atoms with Crippen molar-refractivity contribution in [3.8, 4) is 17.0 Å². The molecule has 1 aliphatic rings. The summed E-state index contributed by atoms with van der Waals surface area (Å²) in [5.41, 5.74) is 8.20. The van der Waals surface area contributed by atoms with Crippen molar-refractivity contribution in [2.24, 2.45) is 0 Å². The Morgan fingerprint density at radius 2 is 1.89 bits per heavy atom. The average Bonchev–Trinajstić information content (AvgIpc) is 2.63. The zero-order valence-electron chi connectivity index (χ0n) is 15.4. The fourth-order valence-electron chi connectivity index (χ4n) is 2.81. The predicted octanol–water partition coefficient (Wildman–Crippen LogP) is 3.57. The van der Waals surface area contributed by atoms with Gasteiger partial charge < -0.3 is 24.7 Å². The molecule has 0 aliphatic heterocycles. The Morgan fingerprint density at radius 3 is 2.59 bits per heavy atom. The Kier molecular flexibility index (Phi) is 7.29. The first-order valence-corrected chi connectivity index (χ1v) is 9.40. The number of nitrogen functional groups attached to an aromatic ring is 1. The second-order valence-corrected chi connectivity index (χ2v) is 6.84. The highest BCUT2D eigenvalue weighted by molar-refractivity contribution is 6.33. The molecule has 1 aromatic carbocycles. The minimum atomic E-state index is 0.142. The van der Waals surface area contributed by atoms with Gasteiger partial charge in [0.25, 0.3) is 0 Å². The lowest BCUT2D eigenvalue weighted by atomic mass is 9.92. The largest absolute Gasteiger partial charge is 0.474 e. The molecule has 27 heavy (non-hydrogen) atoms. The quantitative estimate of drug-likeness (QED) is 0.492. The van der Waals surface area contributed by atoms with E-state index in [4.69, 9.17) is 36.3 Å². The molecule has 2 aromatic rings. The summed E-state index contributed by atoms with van der Waals surface area (Å²) in [5.74, 6) is 0.608. The molecule has 2 N–H and O–H groups in total. The van der Waals surface area contributed by atoms with Crippen LogP contribution in [0.5, 0.6) is 5.88 Å². The molecule has 0 atom stereocenters. The van der Waals surface area contributed by atoms with E-state index in [2.05, 4.69) is 4.98 Å². The summed E-state index contributed by atoms with van der Waals surface area (Å²) in [6.45, 7) is 2.38. The number of anilines is 1. The number of methoxy groups -OCH3 is 1. The van der Waals surface area contributed by atoms with Crippen LogP contribution in [0.1, 0.15) is 12.8 Å². The van der Waals surface area contributed by atoms with Crippen LogP contribution < -0.4 is 10.5 Å². The Labute approximate surface area is 164 Å². The molecule has 0 amide bonds. The second-order valence-electron chi connectivity index (χ2n) is 6.43. The Bertz CT molecular complexity index is 720. The first-order chi connectivity index (χ1) is 13.2. The number of ether oxygens (including phenoxy) is 4. The third kappa shape index (κ3) is 5.81. The number of nitrogens with two attached hydrogens (primary N) is 1. The van der Waals surface area contributed by atoms with Crippen molar-refractivity contribution >= 4 is 17.3 Å². The van der Waals surface area contributed by atoms with Gasteiger partial charge in [-0.3, -0.25) is 0 Å². The van der Waals surface area contributed by atoms with E-state index in [1.807, 2.05) is 24.3 Å². The molecule has 0 radical (unpaired) electrons. The van der Waals surface area contributed by atoms with Crippen molar-refractivity contribution in [1.82, 2.24) is 4.98 Å². The summed E-state index contributed by atoms with van der Waals surface area (Å²) in [6, 6.07) is 9.26. The van der Waals surface area contributed by atoms with Gasteiger partial charge in [-0.25, -0.2) is 4.98 Å². The van der Waals surface area contributed by atoms with Crippen LogP contribution in [0, 0.1) is 0 Å². The van der Waals surface area contributed by atoms with Crippen LogP contribution in [-0.2, 0) is 14.2 Å². The summed E-state index contributed by atoms with van der Waals surface area (Å²) in [4.78, 5) is 4.38. The number of hydrogen-bond donors (Lipinski definition) is 1. The Morgan fingerprint density at radius 1 is 1.07 bits per heavy atom. The molecule has 6 nitrogen and oxygen atoms in total. The zero-order valence-corrected chi connectivity index (χ0v) is 16.2. The highest BCUT2D eigenvalue weighted by Crippen LogP contribution is 2.31. The van der Waals surface area contributed by atoms with Gasteiger partial charge in [0.1, 0.15) is 6.10 Å².